The number of hydrogen-bond acceptors (Lipinski definition) is 10. The highest BCUT2D eigenvalue weighted by Gasteiger charge is 2.16. The number of benzene rings is 3. The molecule has 0 spiro atoms. The van der Waals surface area contributed by atoms with Gasteiger partial charge in [-0.25, -0.2) is 4.68 Å². The van der Waals surface area contributed by atoms with Crippen LogP contribution in [0.1, 0.15) is 11.3 Å². The molecule has 0 aliphatic rings. The van der Waals surface area contributed by atoms with Crippen molar-refractivity contribution in [3.63, 3.8) is 0 Å². The molecule has 0 bridgehead atoms. The summed E-state index contributed by atoms with van der Waals surface area (Å²) in [6.45, 7) is 0. The van der Waals surface area contributed by atoms with Gasteiger partial charge in [0.2, 0.25) is 5.16 Å². The van der Waals surface area contributed by atoms with Gasteiger partial charge in [0.05, 0.1) is 33.6 Å². The maximum Gasteiger partial charge on any atom is 0.271 e. The van der Waals surface area contributed by atoms with Gasteiger partial charge in [-0.1, -0.05) is 53.4 Å². The molecule has 2 heterocycles. The van der Waals surface area contributed by atoms with Crippen LogP contribution in [0.25, 0.3) is 17.1 Å². The predicted molar refractivity (Wildman–Crippen MR) is 139 cm³/mol. The van der Waals surface area contributed by atoms with Crippen LogP contribution in [0.2, 0.25) is 0 Å². The molecule has 0 aliphatic heterocycles. The summed E-state index contributed by atoms with van der Waals surface area (Å²) in [6.07, 6.45) is 3.26. The second-order valence-electron chi connectivity index (χ2n) is 7.80. The maximum atomic E-state index is 11.1. The van der Waals surface area contributed by atoms with Crippen LogP contribution >= 0.6 is 11.8 Å². The molecule has 188 valence electrons. The number of non-ortho nitro benzene ring substituents is 2. The van der Waals surface area contributed by atoms with Crippen molar-refractivity contribution in [3.8, 4) is 17.1 Å². The van der Waals surface area contributed by atoms with Crippen molar-refractivity contribution in [2.24, 2.45) is 5.10 Å². The number of nitro benzene ring substituents is 2. The van der Waals surface area contributed by atoms with E-state index in [-0.39, 0.29) is 11.4 Å². The summed E-state index contributed by atoms with van der Waals surface area (Å²) in [7, 11) is 0. The van der Waals surface area contributed by atoms with Crippen LogP contribution in [-0.4, -0.2) is 45.9 Å². The molecule has 38 heavy (non-hydrogen) atoms. The van der Waals surface area contributed by atoms with Gasteiger partial charge in [0, 0.05) is 35.6 Å². The highest BCUT2D eigenvalue weighted by Crippen LogP contribution is 2.26. The predicted octanol–water partition coefficient (Wildman–Crippen LogP) is 4.52. The van der Waals surface area contributed by atoms with Gasteiger partial charge in [-0.05, 0) is 23.8 Å². The topological polar surface area (TPSA) is 160 Å². The summed E-state index contributed by atoms with van der Waals surface area (Å²) in [5.74, 6) is 0.904. The number of thioether (sulfide) groups is 1. The molecule has 5 aromatic rings. The van der Waals surface area contributed by atoms with Crippen LogP contribution in [0.3, 0.4) is 0 Å². The second kappa shape index (κ2) is 10.8. The monoisotopic (exact) mass is 527 g/mol. The van der Waals surface area contributed by atoms with E-state index in [1.165, 1.54) is 40.7 Å². The molecule has 0 saturated carbocycles. The lowest BCUT2D eigenvalue weighted by molar-refractivity contribution is -0.385. The standard InChI is InChI=1S/C24H17N9O4S/c34-32(35)20-11-9-17(10-12-20)14-25-31-23(18-5-2-1-3-6-18)27-28-24(31)38-16-19-15-30(29-26-19)21-7-4-8-22(13-21)33(36)37/h1-15H,16H2/b25-14+. The van der Waals surface area contributed by atoms with Gasteiger partial charge in [-0.15, -0.1) is 15.3 Å². The summed E-state index contributed by atoms with van der Waals surface area (Å²) < 4.78 is 3.06. The third-order valence-corrected chi connectivity index (χ3v) is 6.22. The molecule has 14 heteroatoms. The third kappa shape index (κ3) is 5.44. The Balaban J connectivity index is 1.39. The fourth-order valence-electron chi connectivity index (χ4n) is 3.41. The van der Waals surface area contributed by atoms with Crippen LogP contribution in [0, 0.1) is 20.2 Å². The summed E-state index contributed by atoms with van der Waals surface area (Å²) in [5.41, 5.74) is 2.57. The SMILES string of the molecule is O=[N+]([O-])c1ccc(/C=N/n2c(SCc3cn(-c4cccc([N+](=O)[O-])c4)nn3)nnc2-c2ccccc2)cc1. The van der Waals surface area contributed by atoms with E-state index in [9.17, 15) is 20.2 Å². The zero-order valence-electron chi connectivity index (χ0n) is 19.4. The number of nitrogens with zero attached hydrogens (tertiary/aromatic N) is 9. The van der Waals surface area contributed by atoms with Crippen molar-refractivity contribution in [2.45, 2.75) is 10.9 Å². The molecule has 0 aliphatic carbocycles. The van der Waals surface area contributed by atoms with Crippen molar-refractivity contribution < 1.29 is 9.85 Å². The molecule has 2 aromatic heterocycles. The van der Waals surface area contributed by atoms with E-state index in [4.69, 9.17) is 0 Å². The fourth-order valence-corrected chi connectivity index (χ4v) is 4.18. The first kappa shape index (κ1) is 24.5. The first-order valence-electron chi connectivity index (χ1n) is 11.1. The Labute approximate surface area is 218 Å². The fraction of sp³-hybridized carbons (Fsp3) is 0.0417. The smallest absolute Gasteiger partial charge is 0.258 e. The molecule has 0 N–H and O–H groups in total. The number of aromatic nitrogens is 6. The van der Waals surface area contributed by atoms with Gasteiger partial charge in [0.15, 0.2) is 5.82 Å². The highest BCUT2D eigenvalue weighted by molar-refractivity contribution is 7.98. The number of rotatable bonds is 9. The van der Waals surface area contributed by atoms with Crippen LogP contribution in [-0.2, 0) is 5.75 Å². The van der Waals surface area contributed by atoms with Crippen LogP contribution in [0.4, 0.5) is 11.4 Å². The highest BCUT2D eigenvalue weighted by atomic mass is 32.2. The largest absolute Gasteiger partial charge is 0.271 e. The number of hydrogen-bond donors (Lipinski definition) is 0. The lowest BCUT2D eigenvalue weighted by Crippen LogP contribution is -1.97. The normalized spacial score (nSPS) is 11.2. The van der Waals surface area contributed by atoms with Crippen molar-refractivity contribution in [1.29, 1.82) is 0 Å². The minimum absolute atomic E-state index is 0.00850. The average Bonchev–Trinajstić information content (AvgIpc) is 3.58. The summed E-state index contributed by atoms with van der Waals surface area (Å²) in [4.78, 5) is 21.1. The maximum absolute atomic E-state index is 11.1. The van der Waals surface area contributed by atoms with Gasteiger partial charge in [0.1, 0.15) is 0 Å². The molecule has 0 atom stereocenters. The Morgan fingerprint density at radius 2 is 1.63 bits per heavy atom. The quantitative estimate of drug-likeness (QED) is 0.116. The summed E-state index contributed by atoms with van der Waals surface area (Å²) in [6, 6.07) is 21.6. The van der Waals surface area contributed by atoms with Crippen LogP contribution in [0.5, 0.6) is 0 Å². The Morgan fingerprint density at radius 3 is 2.37 bits per heavy atom. The molecular weight excluding hydrogens is 510 g/mol. The molecule has 0 fully saturated rings. The van der Waals surface area contributed by atoms with E-state index in [1.54, 1.807) is 41.4 Å². The Morgan fingerprint density at radius 1 is 0.868 bits per heavy atom. The van der Waals surface area contributed by atoms with Gasteiger partial charge < -0.3 is 0 Å². The van der Waals surface area contributed by atoms with Crippen molar-refractivity contribution in [3.05, 3.63) is 117 Å². The van der Waals surface area contributed by atoms with Crippen molar-refractivity contribution in [1.82, 2.24) is 29.9 Å². The molecule has 0 unspecified atom stereocenters. The second-order valence-corrected chi connectivity index (χ2v) is 8.74. The molecule has 5 rings (SSSR count). The summed E-state index contributed by atoms with van der Waals surface area (Å²) in [5, 5.41) is 43.9. The number of nitro groups is 2. The Kier molecular flexibility index (Phi) is 6.95. The molecule has 0 radical (unpaired) electrons. The first-order chi connectivity index (χ1) is 18.5. The van der Waals surface area contributed by atoms with Crippen molar-refractivity contribution in [2.75, 3.05) is 0 Å². The van der Waals surface area contributed by atoms with Gasteiger partial charge in [-0.3, -0.25) is 20.2 Å². The van der Waals surface area contributed by atoms with E-state index >= 15 is 0 Å². The minimum Gasteiger partial charge on any atom is -0.258 e. The average molecular weight is 528 g/mol. The summed E-state index contributed by atoms with van der Waals surface area (Å²) >= 11 is 1.34. The van der Waals surface area contributed by atoms with Gasteiger partial charge >= 0.3 is 0 Å². The molecule has 0 amide bonds. The third-order valence-electron chi connectivity index (χ3n) is 5.27. The minimum atomic E-state index is -0.467. The van der Waals surface area contributed by atoms with E-state index in [0.29, 0.717) is 33.7 Å². The molecular formula is C24H17N9O4S. The lowest BCUT2D eigenvalue weighted by Gasteiger charge is -2.04. The zero-order chi connectivity index (χ0) is 26.5. The van der Waals surface area contributed by atoms with Gasteiger partial charge in [-0.2, -0.15) is 9.78 Å². The van der Waals surface area contributed by atoms with E-state index in [2.05, 4.69) is 25.6 Å². The molecule has 13 nitrogen and oxygen atoms in total. The lowest BCUT2D eigenvalue weighted by atomic mass is 10.2. The van der Waals surface area contributed by atoms with E-state index < -0.39 is 9.85 Å². The van der Waals surface area contributed by atoms with Crippen molar-refractivity contribution >= 4 is 29.4 Å². The van der Waals surface area contributed by atoms with E-state index in [0.717, 1.165) is 5.56 Å². The first-order valence-corrected chi connectivity index (χ1v) is 12.0. The zero-order valence-corrected chi connectivity index (χ0v) is 20.3. The molecule has 3 aromatic carbocycles. The van der Waals surface area contributed by atoms with Crippen LogP contribution < -0.4 is 0 Å². The Bertz CT molecular complexity index is 1630. The van der Waals surface area contributed by atoms with E-state index in [1.807, 2.05) is 30.3 Å². The Hall–Kier alpha value is -5.24. The van der Waals surface area contributed by atoms with Gasteiger partial charge in [0.25, 0.3) is 11.4 Å². The van der Waals surface area contributed by atoms with Crippen LogP contribution in [0.15, 0.2) is 95.3 Å². The molecule has 0 saturated heterocycles.